The number of hydrogen-bond acceptors (Lipinski definition) is 0. The van der Waals surface area contributed by atoms with Gasteiger partial charge in [0.05, 0.1) is 0 Å². The minimum Gasteiger partial charge on any atom is -0.0795 e. The Hall–Kier alpha value is -0.963. The van der Waals surface area contributed by atoms with Crippen LogP contribution in [0.3, 0.4) is 0 Å². The molecule has 0 aliphatic heterocycles. The van der Waals surface area contributed by atoms with E-state index in [0.29, 0.717) is 0 Å². The molecule has 0 spiro atoms. The number of rotatable bonds is 0. The Bertz CT molecular complexity index is 492. The third-order valence-electron chi connectivity index (χ3n) is 2.66. The molecular formula is C13H10Li. The van der Waals surface area contributed by atoms with Crippen molar-refractivity contribution in [2.24, 2.45) is 0 Å². The topological polar surface area (TPSA) is 0 Å². The summed E-state index contributed by atoms with van der Waals surface area (Å²) in [6.45, 7) is 0. The Morgan fingerprint density at radius 2 is 1.71 bits per heavy atom. The van der Waals surface area contributed by atoms with E-state index in [2.05, 4.69) is 48.6 Å². The van der Waals surface area contributed by atoms with E-state index >= 15 is 0 Å². The van der Waals surface area contributed by atoms with Crippen LogP contribution in [0, 0.1) is 0 Å². The predicted octanol–water partition coefficient (Wildman–Crippen LogP) is 3.03. The molecule has 0 nitrogen and oxygen atoms in total. The summed E-state index contributed by atoms with van der Waals surface area (Å²) in [5, 5.41) is 2.80. The third-order valence-corrected chi connectivity index (χ3v) is 2.66. The summed E-state index contributed by atoms with van der Waals surface area (Å²) in [4.78, 5) is 0. The van der Waals surface area contributed by atoms with Gasteiger partial charge in [-0.2, -0.15) is 0 Å². The van der Waals surface area contributed by atoms with Gasteiger partial charge in [-0.1, -0.05) is 48.6 Å². The number of allylic oxidation sites excluding steroid dienone is 1. The quantitative estimate of drug-likeness (QED) is 0.537. The summed E-state index contributed by atoms with van der Waals surface area (Å²) in [5.41, 5.74) is 2.81. The smallest absolute Gasteiger partial charge is 0 e. The first kappa shape index (κ1) is 9.59. The average molecular weight is 173 g/mol. The summed E-state index contributed by atoms with van der Waals surface area (Å²) < 4.78 is 0. The van der Waals surface area contributed by atoms with Crippen LogP contribution < -0.4 is 0 Å². The van der Waals surface area contributed by atoms with Crippen LogP contribution in [0.4, 0.5) is 0 Å². The molecule has 0 heterocycles. The Balaban J connectivity index is 0.000000750. The van der Waals surface area contributed by atoms with Gasteiger partial charge in [-0.3, -0.25) is 0 Å². The molecular weight excluding hydrogens is 163 g/mol. The molecule has 0 fully saturated rings. The molecule has 2 aromatic carbocycles. The van der Waals surface area contributed by atoms with Crippen molar-refractivity contribution in [1.82, 2.24) is 0 Å². The van der Waals surface area contributed by atoms with Crippen LogP contribution in [0.1, 0.15) is 11.1 Å². The van der Waals surface area contributed by atoms with Crippen LogP contribution >= 0.6 is 0 Å². The summed E-state index contributed by atoms with van der Waals surface area (Å²) in [7, 11) is 0. The first-order valence-corrected chi connectivity index (χ1v) is 4.62. The molecule has 0 bridgehead atoms. The molecule has 0 saturated heterocycles. The van der Waals surface area contributed by atoms with E-state index in [1.54, 1.807) is 0 Å². The third kappa shape index (κ3) is 1.32. The van der Waals surface area contributed by atoms with Crippen LogP contribution in [0.2, 0.25) is 0 Å². The molecule has 0 atom stereocenters. The minimum absolute atomic E-state index is 0. The van der Waals surface area contributed by atoms with Crippen LogP contribution in [0.15, 0.2) is 42.5 Å². The summed E-state index contributed by atoms with van der Waals surface area (Å²) in [6, 6.07) is 13.0. The van der Waals surface area contributed by atoms with Crippen molar-refractivity contribution in [3.63, 3.8) is 0 Å². The number of benzene rings is 2. The van der Waals surface area contributed by atoms with Crippen molar-refractivity contribution in [2.45, 2.75) is 6.42 Å². The monoisotopic (exact) mass is 173 g/mol. The van der Waals surface area contributed by atoms with E-state index in [9.17, 15) is 0 Å². The van der Waals surface area contributed by atoms with Crippen molar-refractivity contribution in [3.05, 3.63) is 53.6 Å². The van der Waals surface area contributed by atoms with E-state index in [4.69, 9.17) is 0 Å². The van der Waals surface area contributed by atoms with Gasteiger partial charge in [-0.05, 0) is 28.3 Å². The van der Waals surface area contributed by atoms with E-state index in [1.807, 2.05) is 0 Å². The largest absolute Gasteiger partial charge is 0.0795 e. The second-order valence-electron chi connectivity index (χ2n) is 3.47. The molecule has 2 aromatic rings. The molecule has 1 radical (unpaired) electrons. The van der Waals surface area contributed by atoms with Crippen LogP contribution in [-0.2, 0) is 6.42 Å². The SMILES string of the molecule is C1=Cc2cccc3cccc(c23)C1.[Li]. The van der Waals surface area contributed by atoms with Gasteiger partial charge in [-0.25, -0.2) is 0 Å². The summed E-state index contributed by atoms with van der Waals surface area (Å²) >= 11 is 0. The second-order valence-corrected chi connectivity index (χ2v) is 3.47. The molecule has 1 aliphatic rings. The molecule has 1 aliphatic carbocycles. The molecule has 0 N–H and O–H groups in total. The maximum absolute atomic E-state index is 2.23. The summed E-state index contributed by atoms with van der Waals surface area (Å²) in [6.07, 6.45) is 5.53. The molecule has 1 heteroatoms. The van der Waals surface area contributed by atoms with Crippen LogP contribution in [-0.4, -0.2) is 18.9 Å². The van der Waals surface area contributed by atoms with Gasteiger partial charge < -0.3 is 0 Å². The fourth-order valence-electron chi connectivity index (χ4n) is 2.07. The standard InChI is InChI=1S/C13H10.Li/c1-4-10-6-2-8-12-9-3-7-11(5-1)13(10)12;/h1-8H,9H2;. The van der Waals surface area contributed by atoms with Gasteiger partial charge in [0.25, 0.3) is 0 Å². The average Bonchev–Trinajstić information content (AvgIpc) is 2.19. The molecule has 0 amide bonds. The van der Waals surface area contributed by atoms with Gasteiger partial charge in [-0.15, -0.1) is 0 Å². The maximum atomic E-state index is 2.23. The molecule has 3 rings (SSSR count). The maximum Gasteiger partial charge on any atom is 0 e. The Labute approximate surface area is 95.8 Å². The predicted molar refractivity (Wildman–Crippen MR) is 62.4 cm³/mol. The first-order chi connectivity index (χ1) is 6.45. The summed E-state index contributed by atoms with van der Waals surface area (Å²) in [5.74, 6) is 0. The van der Waals surface area contributed by atoms with Gasteiger partial charge >= 0.3 is 0 Å². The van der Waals surface area contributed by atoms with Crippen LogP contribution in [0.5, 0.6) is 0 Å². The van der Waals surface area contributed by atoms with E-state index < -0.39 is 0 Å². The molecule has 63 valence electrons. The minimum atomic E-state index is 0. The second kappa shape index (κ2) is 3.65. The molecule has 0 saturated carbocycles. The first-order valence-electron chi connectivity index (χ1n) is 4.62. The van der Waals surface area contributed by atoms with Gasteiger partial charge in [0.1, 0.15) is 0 Å². The Kier molecular flexibility index (Phi) is 2.50. The fourth-order valence-corrected chi connectivity index (χ4v) is 2.07. The van der Waals surface area contributed by atoms with Crippen molar-refractivity contribution in [1.29, 1.82) is 0 Å². The zero-order valence-electron chi connectivity index (χ0n) is 8.33. The molecule has 14 heavy (non-hydrogen) atoms. The van der Waals surface area contributed by atoms with Crippen molar-refractivity contribution in [2.75, 3.05) is 0 Å². The van der Waals surface area contributed by atoms with E-state index in [1.165, 1.54) is 21.9 Å². The van der Waals surface area contributed by atoms with Crippen molar-refractivity contribution < 1.29 is 0 Å². The van der Waals surface area contributed by atoms with E-state index in [0.717, 1.165) is 6.42 Å². The zero-order chi connectivity index (χ0) is 8.67. The zero-order valence-corrected chi connectivity index (χ0v) is 8.33. The Morgan fingerprint density at radius 1 is 0.929 bits per heavy atom. The van der Waals surface area contributed by atoms with Gasteiger partial charge in [0.15, 0.2) is 0 Å². The van der Waals surface area contributed by atoms with E-state index in [-0.39, 0.29) is 18.9 Å². The van der Waals surface area contributed by atoms with Gasteiger partial charge in [0.2, 0.25) is 0 Å². The Morgan fingerprint density at radius 3 is 2.57 bits per heavy atom. The molecule has 0 unspecified atom stereocenters. The van der Waals surface area contributed by atoms with Crippen molar-refractivity contribution in [3.8, 4) is 0 Å². The van der Waals surface area contributed by atoms with Gasteiger partial charge in [0, 0.05) is 18.9 Å². The molecule has 0 aromatic heterocycles. The number of hydrogen-bond donors (Lipinski definition) is 0. The van der Waals surface area contributed by atoms with Crippen LogP contribution in [0.25, 0.3) is 16.8 Å². The normalized spacial score (nSPS) is 12.6. The fraction of sp³-hybridized carbons (Fsp3) is 0.0769. The van der Waals surface area contributed by atoms with Crippen molar-refractivity contribution >= 4 is 35.7 Å².